The Bertz CT molecular complexity index is 446. The van der Waals surface area contributed by atoms with Crippen LogP contribution in [0.4, 0.5) is 0 Å². The number of hydrogen-bond donors (Lipinski definition) is 3. The molecule has 0 bridgehead atoms. The number of hydrogen-bond acceptors (Lipinski definition) is 4. The summed E-state index contributed by atoms with van der Waals surface area (Å²) in [5.41, 5.74) is 7.11. The van der Waals surface area contributed by atoms with Gasteiger partial charge in [0, 0.05) is 17.5 Å². The number of nitrogens with one attached hydrogen (secondary N) is 1. The standard InChI is InChI=1S/C11H15N3O2S/c1-7-5-8(17-6-10(15)13-2)3-4-9(7)11(12)14-16/h3-5,16H,6H2,1-2H3,(H2,12,14)(H,13,15). The van der Waals surface area contributed by atoms with E-state index < -0.39 is 0 Å². The monoisotopic (exact) mass is 253 g/mol. The highest BCUT2D eigenvalue weighted by Crippen LogP contribution is 2.21. The maximum Gasteiger partial charge on any atom is 0.230 e. The lowest BCUT2D eigenvalue weighted by Crippen LogP contribution is -2.19. The molecule has 0 spiro atoms. The number of rotatable bonds is 4. The highest BCUT2D eigenvalue weighted by molar-refractivity contribution is 8.00. The smallest absolute Gasteiger partial charge is 0.230 e. The van der Waals surface area contributed by atoms with Crippen molar-refractivity contribution in [3.05, 3.63) is 29.3 Å². The van der Waals surface area contributed by atoms with E-state index in [1.165, 1.54) is 11.8 Å². The van der Waals surface area contributed by atoms with Crippen LogP contribution in [0.3, 0.4) is 0 Å². The zero-order chi connectivity index (χ0) is 12.8. The molecule has 17 heavy (non-hydrogen) atoms. The van der Waals surface area contributed by atoms with Gasteiger partial charge in [-0.2, -0.15) is 0 Å². The summed E-state index contributed by atoms with van der Waals surface area (Å²) in [7, 11) is 1.61. The molecule has 0 unspecified atom stereocenters. The molecule has 0 saturated heterocycles. The highest BCUT2D eigenvalue weighted by Gasteiger charge is 2.06. The van der Waals surface area contributed by atoms with E-state index in [1.807, 2.05) is 19.1 Å². The van der Waals surface area contributed by atoms with E-state index in [9.17, 15) is 4.79 Å². The Morgan fingerprint density at radius 1 is 1.59 bits per heavy atom. The average molecular weight is 253 g/mol. The summed E-state index contributed by atoms with van der Waals surface area (Å²) < 4.78 is 0. The summed E-state index contributed by atoms with van der Waals surface area (Å²) in [6.45, 7) is 1.87. The largest absolute Gasteiger partial charge is 0.409 e. The maximum absolute atomic E-state index is 11.1. The number of aryl methyl sites for hydroxylation is 1. The molecule has 1 amide bonds. The Balaban J connectivity index is 2.79. The van der Waals surface area contributed by atoms with Crippen molar-refractivity contribution in [2.24, 2.45) is 10.9 Å². The van der Waals surface area contributed by atoms with Gasteiger partial charge in [-0.3, -0.25) is 4.79 Å². The second-order valence-electron chi connectivity index (χ2n) is 3.42. The van der Waals surface area contributed by atoms with Crippen LogP contribution >= 0.6 is 11.8 Å². The third-order valence-electron chi connectivity index (χ3n) is 2.23. The fraction of sp³-hybridized carbons (Fsp3) is 0.273. The van der Waals surface area contributed by atoms with Gasteiger partial charge in [-0.05, 0) is 30.7 Å². The van der Waals surface area contributed by atoms with Crippen molar-refractivity contribution in [3.63, 3.8) is 0 Å². The van der Waals surface area contributed by atoms with Gasteiger partial charge in [0.05, 0.1) is 5.75 Å². The summed E-state index contributed by atoms with van der Waals surface area (Å²) in [5, 5.41) is 14.1. The van der Waals surface area contributed by atoms with Crippen molar-refractivity contribution in [1.29, 1.82) is 0 Å². The van der Waals surface area contributed by atoms with Gasteiger partial charge in [-0.15, -0.1) is 11.8 Å². The van der Waals surface area contributed by atoms with Crippen LogP contribution in [-0.2, 0) is 4.79 Å². The van der Waals surface area contributed by atoms with Crippen LogP contribution in [0.15, 0.2) is 28.3 Å². The van der Waals surface area contributed by atoms with Crippen molar-refractivity contribution in [2.75, 3.05) is 12.8 Å². The van der Waals surface area contributed by atoms with Gasteiger partial charge in [-0.1, -0.05) is 5.16 Å². The second kappa shape index (κ2) is 6.15. The fourth-order valence-electron chi connectivity index (χ4n) is 1.29. The lowest BCUT2D eigenvalue weighted by atomic mass is 10.1. The molecule has 1 rings (SSSR count). The van der Waals surface area contributed by atoms with E-state index in [1.54, 1.807) is 13.1 Å². The molecule has 0 heterocycles. The minimum Gasteiger partial charge on any atom is -0.409 e. The van der Waals surface area contributed by atoms with Crippen molar-refractivity contribution in [2.45, 2.75) is 11.8 Å². The second-order valence-corrected chi connectivity index (χ2v) is 4.47. The molecule has 0 saturated carbocycles. The molecule has 0 aliphatic rings. The van der Waals surface area contributed by atoms with E-state index in [-0.39, 0.29) is 11.7 Å². The van der Waals surface area contributed by atoms with Crippen LogP contribution in [0.1, 0.15) is 11.1 Å². The van der Waals surface area contributed by atoms with Crippen LogP contribution in [0.25, 0.3) is 0 Å². The van der Waals surface area contributed by atoms with Crippen molar-refractivity contribution >= 4 is 23.5 Å². The molecule has 4 N–H and O–H groups in total. The van der Waals surface area contributed by atoms with Gasteiger partial charge in [0.2, 0.25) is 5.91 Å². The maximum atomic E-state index is 11.1. The van der Waals surface area contributed by atoms with Crippen LogP contribution < -0.4 is 11.1 Å². The Kier molecular flexibility index (Phi) is 4.84. The third kappa shape index (κ3) is 3.67. The highest BCUT2D eigenvalue weighted by atomic mass is 32.2. The molecule has 92 valence electrons. The first-order valence-electron chi connectivity index (χ1n) is 5.00. The lowest BCUT2D eigenvalue weighted by Gasteiger charge is -2.06. The van der Waals surface area contributed by atoms with E-state index in [0.717, 1.165) is 10.5 Å². The molecule has 1 aromatic rings. The summed E-state index contributed by atoms with van der Waals surface area (Å²) >= 11 is 1.44. The summed E-state index contributed by atoms with van der Waals surface area (Å²) in [5.74, 6) is 0.442. The van der Waals surface area contributed by atoms with Crippen LogP contribution in [0, 0.1) is 6.92 Å². The van der Waals surface area contributed by atoms with Gasteiger partial charge >= 0.3 is 0 Å². The number of carbonyl (C=O) groups excluding carboxylic acids is 1. The number of amidine groups is 1. The van der Waals surface area contributed by atoms with E-state index in [4.69, 9.17) is 10.9 Å². The molecular weight excluding hydrogens is 238 g/mol. The predicted molar refractivity (Wildman–Crippen MR) is 68.5 cm³/mol. The summed E-state index contributed by atoms with van der Waals surface area (Å²) in [4.78, 5) is 12.1. The van der Waals surface area contributed by atoms with Crippen LogP contribution in [-0.4, -0.2) is 29.8 Å². The minimum atomic E-state index is -0.0202. The molecule has 0 aliphatic carbocycles. The normalized spacial score (nSPS) is 11.3. The number of thioether (sulfide) groups is 1. The van der Waals surface area contributed by atoms with E-state index in [2.05, 4.69) is 10.5 Å². The Hall–Kier alpha value is -1.69. The molecule has 5 nitrogen and oxygen atoms in total. The number of oxime groups is 1. The van der Waals surface area contributed by atoms with Crippen molar-refractivity contribution in [3.8, 4) is 0 Å². The number of nitrogens with two attached hydrogens (primary N) is 1. The van der Waals surface area contributed by atoms with Crippen molar-refractivity contribution in [1.82, 2.24) is 5.32 Å². The quantitative estimate of drug-likeness (QED) is 0.245. The number of nitrogens with zero attached hydrogens (tertiary/aromatic N) is 1. The first-order chi connectivity index (χ1) is 8.08. The predicted octanol–water partition coefficient (Wildman–Crippen LogP) is 0.928. The number of carbonyl (C=O) groups is 1. The minimum absolute atomic E-state index is 0.0202. The first kappa shape index (κ1) is 13.4. The zero-order valence-corrected chi connectivity index (χ0v) is 10.5. The SMILES string of the molecule is CNC(=O)CSc1ccc(/C(N)=N/O)c(C)c1. The molecule has 0 atom stereocenters. The molecule has 0 fully saturated rings. The molecule has 0 aliphatic heterocycles. The van der Waals surface area contributed by atoms with Gasteiger partial charge < -0.3 is 16.3 Å². The van der Waals surface area contributed by atoms with Gasteiger partial charge in [0.25, 0.3) is 0 Å². The lowest BCUT2D eigenvalue weighted by molar-refractivity contribution is -0.118. The first-order valence-corrected chi connectivity index (χ1v) is 5.99. The Morgan fingerprint density at radius 2 is 2.29 bits per heavy atom. The average Bonchev–Trinajstić information content (AvgIpc) is 2.35. The van der Waals surface area contributed by atoms with E-state index in [0.29, 0.717) is 11.3 Å². The van der Waals surface area contributed by atoms with Gasteiger partial charge in [0.1, 0.15) is 0 Å². The Labute approximate surface area is 104 Å². The Morgan fingerprint density at radius 3 is 2.82 bits per heavy atom. The van der Waals surface area contributed by atoms with Crippen LogP contribution in [0.2, 0.25) is 0 Å². The molecular formula is C11H15N3O2S. The number of benzene rings is 1. The zero-order valence-electron chi connectivity index (χ0n) is 9.73. The molecule has 6 heteroatoms. The number of amides is 1. The molecule has 0 radical (unpaired) electrons. The van der Waals surface area contributed by atoms with E-state index >= 15 is 0 Å². The molecule has 1 aromatic carbocycles. The van der Waals surface area contributed by atoms with Gasteiger partial charge in [0.15, 0.2) is 5.84 Å². The fourth-order valence-corrected chi connectivity index (χ4v) is 2.15. The summed E-state index contributed by atoms with van der Waals surface area (Å²) in [6, 6.07) is 5.52. The van der Waals surface area contributed by atoms with Crippen LogP contribution in [0.5, 0.6) is 0 Å². The van der Waals surface area contributed by atoms with Crippen molar-refractivity contribution < 1.29 is 10.0 Å². The third-order valence-corrected chi connectivity index (χ3v) is 3.22. The van der Waals surface area contributed by atoms with Gasteiger partial charge in [-0.25, -0.2) is 0 Å². The summed E-state index contributed by atoms with van der Waals surface area (Å²) in [6.07, 6.45) is 0. The topological polar surface area (TPSA) is 87.7 Å². The molecule has 0 aromatic heterocycles.